The molecule has 2 atom stereocenters. The van der Waals surface area contributed by atoms with Crippen molar-refractivity contribution in [1.82, 2.24) is 0 Å². The number of nitrogens with two attached hydrogens (primary N) is 1. The zero-order chi connectivity index (χ0) is 10.5. The molecule has 0 saturated heterocycles. The highest BCUT2D eigenvalue weighted by molar-refractivity contribution is 9.10. The second-order valence-corrected chi connectivity index (χ2v) is 6.21. The Morgan fingerprint density at radius 3 is 2.50 bits per heavy atom. The van der Waals surface area contributed by atoms with Crippen LogP contribution in [-0.4, -0.2) is 13.2 Å². The average molecular weight is 276 g/mol. The summed E-state index contributed by atoms with van der Waals surface area (Å²) in [6.07, 6.45) is 0. The lowest BCUT2D eigenvalue weighted by molar-refractivity contribution is 0.425. The van der Waals surface area contributed by atoms with Crippen LogP contribution in [0.4, 0.5) is 0 Å². The fraction of sp³-hybridized carbons (Fsp3) is 0.600. The van der Waals surface area contributed by atoms with E-state index in [1.54, 1.807) is 18.4 Å². The van der Waals surface area contributed by atoms with E-state index in [1.807, 2.05) is 0 Å². The first-order valence-corrected chi connectivity index (χ1v) is 6.18. The van der Waals surface area contributed by atoms with Crippen molar-refractivity contribution in [1.29, 1.82) is 0 Å². The maximum atomic E-state index is 6.03. The quantitative estimate of drug-likeness (QED) is 0.901. The molecule has 0 spiro atoms. The van der Waals surface area contributed by atoms with Crippen molar-refractivity contribution in [3.63, 3.8) is 0 Å². The molecule has 1 aromatic rings. The highest BCUT2D eigenvalue weighted by Gasteiger charge is 2.57. The molecule has 0 amide bonds. The average Bonchev–Trinajstić information content (AvgIpc) is 2.46. The van der Waals surface area contributed by atoms with Crippen LogP contribution in [0, 0.1) is 5.41 Å². The van der Waals surface area contributed by atoms with Crippen molar-refractivity contribution in [3.05, 3.63) is 15.4 Å². The van der Waals surface area contributed by atoms with Gasteiger partial charge in [0.05, 0.1) is 11.6 Å². The lowest BCUT2D eigenvalue weighted by Gasteiger charge is -1.97. The minimum atomic E-state index is 0.245. The predicted molar refractivity (Wildman–Crippen MR) is 63.1 cm³/mol. The van der Waals surface area contributed by atoms with E-state index < -0.39 is 0 Å². The Hall–Kier alpha value is -0.0600. The smallest absolute Gasteiger partial charge is 0.188 e. The van der Waals surface area contributed by atoms with E-state index in [-0.39, 0.29) is 11.5 Å². The number of methoxy groups -OCH3 is 1. The molecule has 0 bridgehead atoms. The molecule has 78 valence electrons. The van der Waals surface area contributed by atoms with Crippen LogP contribution < -0.4 is 10.5 Å². The van der Waals surface area contributed by atoms with Gasteiger partial charge in [-0.15, -0.1) is 11.3 Å². The summed E-state index contributed by atoms with van der Waals surface area (Å²) in [5, 5.41) is 0.940. The summed E-state index contributed by atoms with van der Waals surface area (Å²) in [4.78, 5) is 1.33. The second kappa shape index (κ2) is 3.22. The third-order valence-electron chi connectivity index (χ3n) is 3.08. The summed E-state index contributed by atoms with van der Waals surface area (Å²) in [6.45, 7) is 4.42. The SMILES string of the molecule is COc1sc([C@@H]2[C@@H](N)C2(C)C)cc1Br. The Morgan fingerprint density at radius 2 is 2.14 bits per heavy atom. The van der Waals surface area contributed by atoms with E-state index >= 15 is 0 Å². The van der Waals surface area contributed by atoms with Gasteiger partial charge in [-0.25, -0.2) is 0 Å². The molecule has 1 fully saturated rings. The van der Waals surface area contributed by atoms with Gasteiger partial charge in [-0.2, -0.15) is 0 Å². The van der Waals surface area contributed by atoms with Gasteiger partial charge in [0.25, 0.3) is 0 Å². The molecule has 0 unspecified atom stereocenters. The first-order chi connectivity index (χ1) is 6.48. The molecule has 0 aromatic carbocycles. The number of hydrogen-bond donors (Lipinski definition) is 1. The van der Waals surface area contributed by atoms with Gasteiger partial charge in [0.15, 0.2) is 5.06 Å². The van der Waals surface area contributed by atoms with Gasteiger partial charge in [0, 0.05) is 16.8 Å². The molecular formula is C10H14BrNOS. The molecular weight excluding hydrogens is 262 g/mol. The van der Waals surface area contributed by atoms with Crippen LogP contribution in [0.1, 0.15) is 24.6 Å². The highest BCUT2D eigenvalue weighted by atomic mass is 79.9. The van der Waals surface area contributed by atoms with E-state index in [0.717, 1.165) is 9.54 Å². The molecule has 2 nitrogen and oxygen atoms in total. The van der Waals surface area contributed by atoms with Gasteiger partial charge < -0.3 is 10.5 Å². The minimum absolute atomic E-state index is 0.245. The Bertz CT molecular complexity index is 361. The van der Waals surface area contributed by atoms with Crippen LogP contribution >= 0.6 is 27.3 Å². The molecule has 2 N–H and O–H groups in total. The summed E-state index contributed by atoms with van der Waals surface area (Å²) in [5.41, 5.74) is 6.27. The van der Waals surface area contributed by atoms with Gasteiger partial charge in [-0.3, -0.25) is 0 Å². The maximum absolute atomic E-state index is 6.03. The first-order valence-electron chi connectivity index (χ1n) is 4.57. The van der Waals surface area contributed by atoms with Crippen LogP contribution in [0.2, 0.25) is 0 Å². The molecule has 1 aromatic heterocycles. The molecule has 0 aliphatic heterocycles. The van der Waals surface area contributed by atoms with Gasteiger partial charge in [-0.05, 0) is 27.4 Å². The molecule has 1 heterocycles. The summed E-state index contributed by atoms with van der Waals surface area (Å²) >= 11 is 5.16. The molecule has 1 aliphatic rings. The Kier molecular flexibility index (Phi) is 2.40. The second-order valence-electron chi connectivity index (χ2n) is 4.31. The van der Waals surface area contributed by atoms with Crippen molar-refractivity contribution in [3.8, 4) is 5.06 Å². The molecule has 4 heteroatoms. The summed E-state index contributed by atoms with van der Waals surface area (Å²) in [6, 6.07) is 2.42. The molecule has 0 radical (unpaired) electrons. The molecule has 1 aliphatic carbocycles. The predicted octanol–water partition coefficient (Wildman–Crippen LogP) is 2.97. The number of halogens is 1. The molecule has 14 heavy (non-hydrogen) atoms. The van der Waals surface area contributed by atoms with Crippen molar-refractivity contribution < 1.29 is 4.74 Å². The van der Waals surface area contributed by atoms with Gasteiger partial charge in [0.2, 0.25) is 0 Å². The van der Waals surface area contributed by atoms with Crippen molar-refractivity contribution >= 4 is 27.3 Å². The van der Waals surface area contributed by atoms with Crippen molar-refractivity contribution in [2.24, 2.45) is 11.1 Å². The summed E-state index contributed by atoms with van der Waals surface area (Å²) in [5.74, 6) is 0.493. The zero-order valence-corrected chi connectivity index (χ0v) is 10.9. The lowest BCUT2D eigenvalue weighted by atomic mass is 10.1. The largest absolute Gasteiger partial charge is 0.486 e. The van der Waals surface area contributed by atoms with Gasteiger partial charge in [-0.1, -0.05) is 13.8 Å². The summed E-state index contributed by atoms with van der Waals surface area (Å²) in [7, 11) is 1.69. The first kappa shape index (κ1) is 10.5. The van der Waals surface area contributed by atoms with E-state index in [1.165, 1.54) is 4.88 Å². The zero-order valence-electron chi connectivity index (χ0n) is 8.50. The highest BCUT2D eigenvalue weighted by Crippen LogP contribution is 2.60. The Morgan fingerprint density at radius 1 is 1.57 bits per heavy atom. The minimum Gasteiger partial charge on any atom is -0.486 e. The van der Waals surface area contributed by atoms with E-state index in [9.17, 15) is 0 Å². The van der Waals surface area contributed by atoms with Crippen LogP contribution in [0.5, 0.6) is 5.06 Å². The monoisotopic (exact) mass is 275 g/mol. The fourth-order valence-electron chi connectivity index (χ4n) is 1.88. The van der Waals surface area contributed by atoms with Crippen molar-refractivity contribution in [2.45, 2.75) is 25.8 Å². The molecule has 2 rings (SSSR count). The van der Waals surface area contributed by atoms with E-state index in [4.69, 9.17) is 10.5 Å². The topological polar surface area (TPSA) is 35.2 Å². The van der Waals surface area contributed by atoms with E-state index in [2.05, 4.69) is 35.8 Å². The normalized spacial score (nSPS) is 28.9. The number of thiophene rings is 1. The van der Waals surface area contributed by atoms with Crippen molar-refractivity contribution in [2.75, 3.05) is 7.11 Å². The number of rotatable bonds is 2. The standard InChI is InChI=1S/C10H14BrNOS/c1-10(2)7(8(10)12)6-4-5(11)9(13-3)14-6/h4,7-8H,12H2,1-3H3/t7-,8-/m1/s1. The third-order valence-corrected chi connectivity index (χ3v) is 5.11. The maximum Gasteiger partial charge on any atom is 0.188 e. The molecule has 1 saturated carbocycles. The van der Waals surface area contributed by atoms with Crippen LogP contribution in [0.15, 0.2) is 10.5 Å². The summed E-state index contributed by atoms with van der Waals surface area (Å²) < 4.78 is 6.27. The number of ether oxygens (including phenoxy) is 1. The Balaban J connectivity index is 2.27. The number of hydrogen-bond acceptors (Lipinski definition) is 3. The van der Waals surface area contributed by atoms with Gasteiger partial charge >= 0.3 is 0 Å². The third kappa shape index (κ3) is 1.40. The fourth-order valence-corrected chi connectivity index (χ4v) is 3.89. The lowest BCUT2D eigenvalue weighted by Crippen LogP contribution is -2.06. The van der Waals surface area contributed by atoms with Crippen LogP contribution in [-0.2, 0) is 0 Å². The van der Waals surface area contributed by atoms with E-state index in [0.29, 0.717) is 5.92 Å². The Labute approximate surface area is 96.6 Å². The van der Waals surface area contributed by atoms with Gasteiger partial charge in [0.1, 0.15) is 0 Å². The van der Waals surface area contributed by atoms with Crippen LogP contribution in [0.3, 0.4) is 0 Å². The van der Waals surface area contributed by atoms with Crippen LogP contribution in [0.25, 0.3) is 0 Å².